The van der Waals surface area contributed by atoms with Gasteiger partial charge in [-0.15, -0.1) is 11.8 Å². The fourth-order valence-corrected chi connectivity index (χ4v) is 10.8. The second-order valence-corrected chi connectivity index (χ2v) is 13.7. The lowest BCUT2D eigenvalue weighted by Crippen LogP contribution is -2.31. The molecule has 0 spiro atoms. The summed E-state index contributed by atoms with van der Waals surface area (Å²) in [5.41, 5.74) is 0.220. The van der Waals surface area contributed by atoms with Crippen molar-refractivity contribution in [1.29, 1.82) is 0 Å². The molecule has 0 unspecified atom stereocenters. The van der Waals surface area contributed by atoms with E-state index in [1.54, 1.807) is 4.91 Å². The normalized spacial score (nSPS) is 23.2. The Morgan fingerprint density at radius 3 is 2.06 bits per heavy atom. The standard InChI is InChI=1S/C28H37OPS/c1-2-13-23-22-27(31-26-18-10-5-11-19-26)20-12-21-28(23)30(29,24-14-6-3-7-15-24)25-16-8-4-9-17-25/h3-4,6-9,14-17,20,23,26,28H,2,5,10-13,18-19,21-22H2,1H3/t23-,28-/m1/s1. The van der Waals surface area contributed by atoms with Crippen LogP contribution >= 0.6 is 18.9 Å². The second kappa shape index (κ2) is 11.1. The van der Waals surface area contributed by atoms with Gasteiger partial charge in [-0.2, -0.15) is 0 Å². The van der Waals surface area contributed by atoms with Crippen molar-refractivity contribution in [3.05, 3.63) is 71.6 Å². The van der Waals surface area contributed by atoms with Gasteiger partial charge < -0.3 is 4.57 Å². The summed E-state index contributed by atoms with van der Waals surface area (Å²) in [5, 5.41) is 2.88. The first-order chi connectivity index (χ1) is 15.2. The molecule has 0 N–H and O–H groups in total. The Balaban J connectivity index is 1.65. The first-order valence-corrected chi connectivity index (χ1v) is 14.9. The molecule has 166 valence electrons. The Hall–Kier alpha value is -1.24. The average Bonchev–Trinajstić information content (AvgIpc) is 3.03. The molecule has 0 bridgehead atoms. The van der Waals surface area contributed by atoms with Crippen LogP contribution in [0.1, 0.15) is 71.1 Å². The molecule has 2 aliphatic rings. The molecule has 0 aromatic heterocycles. The van der Waals surface area contributed by atoms with E-state index in [1.165, 1.54) is 32.1 Å². The van der Waals surface area contributed by atoms with E-state index in [0.717, 1.165) is 48.0 Å². The summed E-state index contributed by atoms with van der Waals surface area (Å²) >= 11 is 2.16. The quantitative estimate of drug-likeness (QED) is 0.397. The van der Waals surface area contributed by atoms with E-state index in [-0.39, 0.29) is 5.66 Å². The van der Waals surface area contributed by atoms with Gasteiger partial charge in [0.2, 0.25) is 0 Å². The number of hydrogen-bond acceptors (Lipinski definition) is 2. The second-order valence-electron chi connectivity index (χ2n) is 9.27. The molecule has 2 aromatic rings. The molecule has 1 nitrogen and oxygen atoms in total. The molecular formula is C28H37OPS. The van der Waals surface area contributed by atoms with Crippen molar-refractivity contribution in [1.82, 2.24) is 0 Å². The molecule has 4 rings (SSSR count). The number of rotatable bonds is 7. The topological polar surface area (TPSA) is 17.1 Å². The molecule has 2 aromatic carbocycles. The highest BCUT2D eigenvalue weighted by Gasteiger charge is 2.41. The minimum absolute atomic E-state index is 0.220. The SMILES string of the molecule is CCC[C@@H]1CC(SC2CCCCC2)=CCC[C@H]1P(=O)(c1ccccc1)c1ccccc1. The molecule has 0 radical (unpaired) electrons. The maximum atomic E-state index is 15.1. The minimum atomic E-state index is -2.72. The molecule has 2 atom stereocenters. The van der Waals surface area contributed by atoms with E-state index in [2.05, 4.69) is 73.3 Å². The van der Waals surface area contributed by atoms with Crippen LogP contribution in [0.15, 0.2) is 71.6 Å². The van der Waals surface area contributed by atoms with Gasteiger partial charge in [0.05, 0.1) is 0 Å². The van der Waals surface area contributed by atoms with E-state index >= 15 is 4.57 Å². The molecule has 0 heterocycles. The molecule has 0 saturated heterocycles. The number of allylic oxidation sites excluding steroid dienone is 2. The van der Waals surface area contributed by atoms with E-state index in [9.17, 15) is 0 Å². The van der Waals surface area contributed by atoms with Gasteiger partial charge in [0.25, 0.3) is 0 Å². The molecule has 1 saturated carbocycles. The fraction of sp³-hybridized carbons (Fsp3) is 0.500. The van der Waals surface area contributed by atoms with Gasteiger partial charge in [0.15, 0.2) is 0 Å². The third-order valence-electron chi connectivity index (χ3n) is 7.12. The van der Waals surface area contributed by atoms with Crippen molar-refractivity contribution < 1.29 is 4.57 Å². The van der Waals surface area contributed by atoms with Crippen LogP contribution in [0.25, 0.3) is 0 Å². The van der Waals surface area contributed by atoms with Crippen LogP contribution < -0.4 is 10.6 Å². The van der Waals surface area contributed by atoms with Crippen molar-refractivity contribution in [3.8, 4) is 0 Å². The zero-order valence-corrected chi connectivity index (χ0v) is 20.6. The highest BCUT2D eigenvalue weighted by Crippen LogP contribution is 2.56. The minimum Gasteiger partial charge on any atom is -0.313 e. The third-order valence-corrected chi connectivity index (χ3v) is 12.3. The van der Waals surface area contributed by atoms with Gasteiger partial charge >= 0.3 is 0 Å². The van der Waals surface area contributed by atoms with Crippen LogP contribution in [0.5, 0.6) is 0 Å². The van der Waals surface area contributed by atoms with E-state index in [0.29, 0.717) is 5.92 Å². The molecule has 31 heavy (non-hydrogen) atoms. The zero-order valence-electron chi connectivity index (χ0n) is 18.9. The summed E-state index contributed by atoms with van der Waals surface area (Å²) in [7, 11) is -2.72. The number of benzene rings is 2. The van der Waals surface area contributed by atoms with Gasteiger partial charge in [-0.3, -0.25) is 0 Å². The summed E-state index contributed by atoms with van der Waals surface area (Å²) in [6.45, 7) is 2.29. The first kappa shape index (κ1) is 22.9. The maximum Gasteiger partial charge on any atom is 0.146 e. The summed E-state index contributed by atoms with van der Waals surface area (Å²) in [6, 6.07) is 20.7. The highest BCUT2D eigenvalue weighted by atomic mass is 32.2. The third kappa shape index (κ3) is 5.40. The van der Waals surface area contributed by atoms with Crippen LogP contribution in [0.3, 0.4) is 0 Å². The zero-order chi connectivity index (χ0) is 21.5. The lowest BCUT2D eigenvalue weighted by molar-refractivity contribution is 0.438. The summed E-state index contributed by atoms with van der Waals surface area (Å²) in [5.74, 6) is 0.487. The predicted octanol–water partition coefficient (Wildman–Crippen LogP) is 7.92. The van der Waals surface area contributed by atoms with E-state index < -0.39 is 7.14 Å². The monoisotopic (exact) mass is 452 g/mol. The van der Waals surface area contributed by atoms with Crippen molar-refractivity contribution in [2.24, 2.45) is 5.92 Å². The van der Waals surface area contributed by atoms with Crippen LogP contribution in [0.2, 0.25) is 0 Å². The average molecular weight is 453 g/mol. The smallest absolute Gasteiger partial charge is 0.146 e. The Morgan fingerprint density at radius 2 is 1.48 bits per heavy atom. The summed E-state index contributed by atoms with van der Waals surface area (Å²) in [6.07, 6.45) is 15.0. The molecule has 3 heteroatoms. The Bertz CT molecular complexity index is 842. The number of thioether (sulfide) groups is 1. The van der Waals surface area contributed by atoms with Gasteiger partial charge in [0, 0.05) is 21.5 Å². The van der Waals surface area contributed by atoms with Crippen molar-refractivity contribution >= 4 is 29.5 Å². The number of hydrogen-bond donors (Lipinski definition) is 0. The molecule has 0 amide bonds. The van der Waals surface area contributed by atoms with Crippen molar-refractivity contribution in [2.75, 3.05) is 0 Å². The molecular weight excluding hydrogens is 415 g/mol. The van der Waals surface area contributed by atoms with Gasteiger partial charge in [-0.05, 0) is 49.3 Å². The van der Waals surface area contributed by atoms with E-state index in [1.807, 2.05) is 12.1 Å². The van der Waals surface area contributed by atoms with Crippen LogP contribution in [-0.2, 0) is 4.57 Å². The lowest BCUT2D eigenvalue weighted by Gasteiger charge is -2.34. The van der Waals surface area contributed by atoms with Crippen molar-refractivity contribution in [3.63, 3.8) is 0 Å². The predicted molar refractivity (Wildman–Crippen MR) is 138 cm³/mol. The maximum absolute atomic E-state index is 15.1. The fourth-order valence-electron chi connectivity index (χ4n) is 5.60. The lowest BCUT2D eigenvalue weighted by atomic mass is 9.95. The van der Waals surface area contributed by atoms with E-state index in [4.69, 9.17) is 0 Å². The largest absolute Gasteiger partial charge is 0.313 e. The van der Waals surface area contributed by atoms with Gasteiger partial charge in [-0.1, -0.05) is 99.3 Å². The van der Waals surface area contributed by atoms with Crippen molar-refractivity contribution in [2.45, 2.75) is 82.0 Å². The summed E-state index contributed by atoms with van der Waals surface area (Å²) < 4.78 is 15.1. The van der Waals surface area contributed by atoms with Crippen LogP contribution in [-0.4, -0.2) is 10.9 Å². The van der Waals surface area contributed by atoms with Gasteiger partial charge in [-0.25, -0.2) is 0 Å². The Morgan fingerprint density at radius 1 is 0.871 bits per heavy atom. The Kier molecular flexibility index (Phi) is 8.18. The molecule has 2 aliphatic carbocycles. The Labute approximate surface area is 193 Å². The first-order valence-electron chi connectivity index (χ1n) is 12.3. The highest BCUT2D eigenvalue weighted by molar-refractivity contribution is 8.03. The van der Waals surface area contributed by atoms with Crippen LogP contribution in [0, 0.1) is 5.92 Å². The molecule has 0 aliphatic heterocycles. The molecule has 1 fully saturated rings. The van der Waals surface area contributed by atoms with Crippen LogP contribution in [0.4, 0.5) is 0 Å². The van der Waals surface area contributed by atoms with Gasteiger partial charge in [0.1, 0.15) is 7.14 Å². The summed E-state index contributed by atoms with van der Waals surface area (Å²) in [4.78, 5) is 1.58.